The number of ether oxygens (including phenoxy) is 1. The summed E-state index contributed by atoms with van der Waals surface area (Å²) in [5.74, 6) is -1.64. The molecule has 0 fully saturated rings. The van der Waals surface area contributed by atoms with Crippen LogP contribution in [-0.2, 0) is 9.59 Å². The Labute approximate surface area is 125 Å². The van der Waals surface area contributed by atoms with E-state index in [9.17, 15) is 19.5 Å². The highest BCUT2D eigenvalue weighted by atomic mass is 16.5. The summed E-state index contributed by atoms with van der Waals surface area (Å²) in [6.07, 6.45) is 0. The molecule has 0 bridgehead atoms. The Morgan fingerprint density at radius 1 is 1.36 bits per heavy atom. The highest BCUT2D eigenvalue weighted by Gasteiger charge is 2.09. The van der Waals surface area contributed by atoms with Crippen molar-refractivity contribution >= 4 is 22.8 Å². The van der Waals surface area contributed by atoms with Crippen molar-refractivity contribution in [1.82, 2.24) is 5.32 Å². The molecule has 116 valence electrons. The van der Waals surface area contributed by atoms with Crippen LogP contribution in [0.4, 0.5) is 0 Å². The van der Waals surface area contributed by atoms with Crippen LogP contribution >= 0.6 is 0 Å². The minimum Gasteiger partial charge on any atom is -0.548 e. The predicted octanol–water partition coefficient (Wildman–Crippen LogP) is -0.265. The van der Waals surface area contributed by atoms with Gasteiger partial charge in [0.2, 0.25) is 0 Å². The summed E-state index contributed by atoms with van der Waals surface area (Å²) in [4.78, 5) is 33.3. The third kappa shape index (κ3) is 3.63. The Morgan fingerprint density at radius 3 is 2.77 bits per heavy atom. The van der Waals surface area contributed by atoms with Gasteiger partial charge in [-0.3, -0.25) is 4.79 Å². The monoisotopic (exact) mass is 304 g/mol. The molecule has 1 aromatic heterocycles. The maximum Gasteiger partial charge on any atom is 0.336 e. The number of nitrogens with one attached hydrogen (secondary N) is 1. The lowest BCUT2D eigenvalue weighted by atomic mass is 10.1. The summed E-state index contributed by atoms with van der Waals surface area (Å²) in [5, 5.41) is 13.5. The summed E-state index contributed by atoms with van der Waals surface area (Å²) in [6, 6.07) is 5.13. The highest BCUT2D eigenvalue weighted by Crippen LogP contribution is 2.22. The molecule has 2 rings (SSSR count). The summed E-state index contributed by atoms with van der Waals surface area (Å²) in [6.45, 7) is 2.72. The first-order valence-electron chi connectivity index (χ1n) is 6.54. The van der Waals surface area contributed by atoms with E-state index in [1.807, 2.05) is 0 Å². The second-order valence-electron chi connectivity index (χ2n) is 4.80. The number of aryl methyl sites for hydroxylation is 1. The number of hydrogen-bond donors (Lipinski definition) is 1. The first-order chi connectivity index (χ1) is 10.4. The smallest absolute Gasteiger partial charge is 0.336 e. The summed E-state index contributed by atoms with van der Waals surface area (Å²) < 4.78 is 10.3. The largest absolute Gasteiger partial charge is 0.548 e. The minimum absolute atomic E-state index is 0.331. The van der Waals surface area contributed by atoms with Gasteiger partial charge in [0.15, 0.2) is 6.61 Å². The first-order valence-corrected chi connectivity index (χ1v) is 6.54. The molecule has 22 heavy (non-hydrogen) atoms. The lowest BCUT2D eigenvalue weighted by molar-refractivity contribution is -0.307. The van der Waals surface area contributed by atoms with Crippen LogP contribution < -0.4 is 20.8 Å². The number of fused-ring (bicyclic) bond motifs is 1. The molecule has 1 amide bonds. The molecule has 1 heterocycles. The van der Waals surface area contributed by atoms with Crippen LogP contribution in [0, 0.1) is 6.92 Å². The first kappa shape index (κ1) is 15.6. The van der Waals surface area contributed by atoms with Gasteiger partial charge in [0.25, 0.3) is 5.91 Å². The summed E-state index contributed by atoms with van der Waals surface area (Å²) in [5.41, 5.74) is 0.659. The number of carbonyl (C=O) groups excluding carboxylic acids is 2. The second kappa shape index (κ2) is 6.30. The fourth-order valence-electron chi connectivity index (χ4n) is 1.89. The molecule has 0 spiro atoms. The number of carbonyl (C=O) groups is 2. The van der Waals surface area contributed by atoms with Gasteiger partial charge in [0, 0.05) is 17.5 Å². The third-order valence-corrected chi connectivity index (χ3v) is 3.02. The molecular weight excluding hydrogens is 290 g/mol. The summed E-state index contributed by atoms with van der Waals surface area (Å²) in [7, 11) is 0. The number of carboxylic acids is 1. The van der Waals surface area contributed by atoms with E-state index in [4.69, 9.17) is 9.15 Å². The van der Waals surface area contributed by atoms with Crippen LogP contribution in [0.5, 0.6) is 5.75 Å². The van der Waals surface area contributed by atoms with Gasteiger partial charge in [-0.1, -0.05) is 0 Å². The molecule has 1 atom stereocenters. The molecule has 0 saturated carbocycles. The maximum atomic E-state index is 11.5. The van der Waals surface area contributed by atoms with E-state index in [0.29, 0.717) is 11.3 Å². The van der Waals surface area contributed by atoms with Crippen molar-refractivity contribution in [3.8, 4) is 5.75 Å². The van der Waals surface area contributed by atoms with Crippen molar-refractivity contribution < 1.29 is 23.8 Å². The fourth-order valence-corrected chi connectivity index (χ4v) is 1.89. The van der Waals surface area contributed by atoms with Gasteiger partial charge in [-0.25, -0.2) is 4.79 Å². The number of amides is 1. The van der Waals surface area contributed by atoms with Gasteiger partial charge in [0.1, 0.15) is 11.3 Å². The van der Waals surface area contributed by atoms with Crippen molar-refractivity contribution in [2.75, 3.05) is 6.61 Å². The Morgan fingerprint density at radius 2 is 2.09 bits per heavy atom. The van der Waals surface area contributed by atoms with Crippen molar-refractivity contribution in [3.63, 3.8) is 0 Å². The molecule has 1 N–H and O–H groups in total. The van der Waals surface area contributed by atoms with E-state index in [2.05, 4.69) is 5.32 Å². The van der Waals surface area contributed by atoms with Crippen LogP contribution in [0.2, 0.25) is 0 Å². The zero-order chi connectivity index (χ0) is 16.3. The van der Waals surface area contributed by atoms with Crippen molar-refractivity contribution in [3.05, 3.63) is 40.2 Å². The van der Waals surface area contributed by atoms with E-state index >= 15 is 0 Å². The topological polar surface area (TPSA) is 109 Å². The molecular formula is C15H14NO6-. The van der Waals surface area contributed by atoms with Gasteiger partial charge < -0.3 is 24.4 Å². The Balaban J connectivity index is 2.08. The van der Waals surface area contributed by atoms with Crippen LogP contribution in [-0.4, -0.2) is 24.5 Å². The standard InChI is InChI=1S/C15H15NO6/c1-8-5-14(18)22-12-6-10(3-4-11(8)12)21-7-13(17)16-9(2)15(19)20/h3-6,9H,7H2,1-2H3,(H,16,17)(H,19,20)/p-1/t9-/m1/s1. The number of hydrogen-bond acceptors (Lipinski definition) is 6. The number of aliphatic carboxylic acids is 1. The van der Waals surface area contributed by atoms with Crippen LogP contribution in [0.15, 0.2) is 33.5 Å². The van der Waals surface area contributed by atoms with Gasteiger partial charge in [-0.05, 0) is 31.5 Å². The average molecular weight is 304 g/mol. The molecule has 0 aliphatic heterocycles. The zero-order valence-corrected chi connectivity index (χ0v) is 12.0. The lowest BCUT2D eigenvalue weighted by Gasteiger charge is -2.14. The number of carboxylic acid groups (broad SMARTS) is 1. The second-order valence-corrected chi connectivity index (χ2v) is 4.80. The Kier molecular flexibility index (Phi) is 4.45. The van der Waals surface area contributed by atoms with Gasteiger partial charge >= 0.3 is 5.63 Å². The van der Waals surface area contributed by atoms with E-state index in [-0.39, 0.29) is 6.61 Å². The van der Waals surface area contributed by atoms with Crippen molar-refractivity contribution in [1.29, 1.82) is 0 Å². The van der Waals surface area contributed by atoms with Gasteiger partial charge in [-0.2, -0.15) is 0 Å². The molecule has 0 aliphatic carbocycles. The minimum atomic E-state index is -1.38. The number of benzene rings is 1. The molecule has 0 radical (unpaired) electrons. The van der Waals surface area contributed by atoms with Crippen LogP contribution in [0.3, 0.4) is 0 Å². The maximum absolute atomic E-state index is 11.5. The number of rotatable bonds is 5. The zero-order valence-electron chi connectivity index (χ0n) is 12.0. The third-order valence-electron chi connectivity index (χ3n) is 3.02. The molecule has 0 aliphatic rings. The van der Waals surface area contributed by atoms with Gasteiger partial charge in [-0.15, -0.1) is 0 Å². The highest BCUT2D eigenvalue weighted by molar-refractivity contribution is 5.84. The van der Waals surface area contributed by atoms with Crippen molar-refractivity contribution in [2.45, 2.75) is 19.9 Å². The van der Waals surface area contributed by atoms with Crippen molar-refractivity contribution in [2.24, 2.45) is 0 Å². The van der Waals surface area contributed by atoms with E-state index < -0.39 is 23.5 Å². The molecule has 0 unspecified atom stereocenters. The Bertz CT molecular complexity index is 779. The van der Waals surface area contributed by atoms with E-state index in [0.717, 1.165) is 10.9 Å². The average Bonchev–Trinajstić information content (AvgIpc) is 2.44. The molecule has 2 aromatic rings. The molecule has 7 heteroatoms. The lowest BCUT2D eigenvalue weighted by Crippen LogP contribution is -2.47. The van der Waals surface area contributed by atoms with Crippen LogP contribution in [0.25, 0.3) is 11.0 Å². The Hall–Kier alpha value is -2.83. The quantitative estimate of drug-likeness (QED) is 0.762. The van der Waals surface area contributed by atoms with Gasteiger partial charge in [0.05, 0.1) is 12.0 Å². The predicted molar refractivity (Wildman–Crippen MR) is 75.3 cm³/mol. The fraction of sp³-hybridized carbons (Fsp3) is 0.267. The molecule has 0 saturated heterocycles. The van der Waals surface area contributed by atoms with E-state index in [1.165, 1.54) is 19.1 Å². The molecule has 7 nitrogen and oxygen atoms in total. The summed E-state index contributed by atoms with van der Waals surface area (Å²) >= 11 is 0. The van der Waals surface area contributed by atoms with Crippen LogP contribution in [0.1, 0.15) is 12.5 Å². The SMILES string of the molecule is Cc1cc(=O)oc2cc(OCC(=O)N[C@H](C)C(=O)[O-])ccc12. The van der Waals surface area contributed by atoms with E-state index in [1.54, 1.807) is 19.1 Å². The molecule has 1 aromatic carbocycles. The normalized spacial score (nSPS) is 11.9.